The molecule has 0 radical (unpaired) electrons. The van der Waals surface area contributed by atoms with Crippen molar-refractivity contribution in [1.82, 2.24) is 0 Å². The van der Waals surface area contributed by atoms with Gasteiger partial charge in [0.25, 0.3) is 8.32 Å². The van der Waals surface area contributed by atoms with Gasteiger partial charge in [0, 0.05) is 11.1 Å². The molecule has 0 saturated carbocycles. The quantitative estimate of drug-likeness (QED) is 0.258. The van der Waals surface area contributed by atoms with E-state index in [1.807, 2.05) is 30.3 Å². The number of benzene rings is 2. The molecule has 0 spiro atoms. The lowest BCUT2D eigenvalue weighted by Gasteiger charge is -2.39. The first-order valence-electron chi connectivity index (χ1n) is 17.9. The standard InChI is InChI=1S/C39H68O6Si4/c1-36(2,3)46(13,14)42-26-21-22-28(43-47(15,16)37(4,5)6)27(25-26)31-32-29(44-48(17,18)38(7,8)9)23-24-30(33(32)35(41)34(31)40)45-49(19,20)39(10,11)12/h21-25,31,34,40H,1-20H3. The Hall–Kier alpha value is -1.86. The molecule has 0 aliphatic heterocycles. The largest absolute Gasteiger partial charge is 0.543 e. The minimum Gasteiger partial charge on any atom is -0.543 e. The molecular weight excluding hydrogens is 677 g/mol. The van der Waals surface area contributed by atoms with Gasteiger partial charge in [-0.3, -0.25) is 4.79 Å². The molecule has 10 heteroatoms. The van der Waals surface area contributed by atoms with Crippen molar-refractivity contribution in [1.29, 1.82) is 0 Å². The Morgan fingerprint density at radius 1 is 0.531 bits per heavy atom. The van der Waals surface area contributed by atoms with Gasteiger partial charge in [0.05, 0.1) is 11.5 Å². The number of fused-ring (bicyclic) bond motifs is 1. The maximum Gasteiger partial charge on any atom is 0.250 e. The number of aliphatic hydroxyl groups is 1. The Bertz CT molecular complexity index is 1550. The SMILES string of the molecule is CC(C)(C)[Si](C)(C)Oc1ccc(O[Si](C)(C)C(C)(C)C)c(C2c3c(O[Si](C)(C)C(C)(C)C)ccc(O[Si](C)(C)C(C)(C)C)c3C(=O)C2O)c1. The summed E-state index contributed by atoms with van der Waals surface area (Å²) in [4.78, 5) is 14.4. The summed E-state index contributed by atoms with van der Waals surface area (Å²) >= 11 is 0. The molecule has 0 heterocycles. The van der Waals surface area contributed by atoms with Crippen LogP contribution in [-0.2, 0) is 0 Å². The first-order valence-corrected chi connectivity index (χ1v) is 29.6. The molecule has 2 aromatic rings. The van der Waals surface area contributed by atoms with E-state index in [4.69, 9.17) is 17.7 Å². The predicted octanol–water partition coefficient (Wildman–Crippen LogP) is 11.9. The topological polar surface area (TPSA) is 74.2 Å². The van der Waals surface area contributed by atoms with Gasteiger partial charge >= 0.3 is 0 Å². The predicted molar refractivity (Wildman–Crippen MR) is 216 cm³/mol. The van der Waals surface area contributed by atoms with E-state index in [-0.39, 0.29) is 25.9 Å². The average molecular weight is 745 g/mol. The summed E-state index contributed by atoms with van der Waals surface area (Å²) in [6.07, 6.45) is -1.34. The molecule has 0 fully saturated rings. The highest BCUT2D eigenvalue weighted by Gasteiger charge is 2.50. The van der Waals surface area contributed by atoms with Crippen LogP contribution in [0, 0.1) is 0 Å². The second kappa shape index (κ2) is 13.0. The lowest BCUT2D eigenvalue weighted by atomic mass is 9.90. The Balaban J connectivity index is 2.44. The molecule has 276 valence electrons. The van der Waals surface area contributed by atoms with Gasteiger partial charge in [0.1, 0.15) is 29.1 Å². The van der Waals surface area contributed by atoms with Gasteiger partial charge in [0.15, 0.2) is 5.78 Å². The van der Waals surface area contributed by atoms with E-state index in [2.05, 4.69) is 135 Å². The van der Waals surface area contributed by atoms with Gasteiger partial charge in [-0.2, -0.15) is 0 Å². The van der Waals surface area contributed by atoms with Crippen molar-refractivity contribution in [3.05, 3.63) is 47.0 Å². The minimum absolute atomic E-state index is 0.0148. The molecule has 3 rings (SSSR count). The first-order chi connectivity index (χ1) is 21.7. The van der Waals surface area contributed by atoms with Crippen LogP contribution >= 0.6 is 0 Å². The van der Waals surface area contributed by atoms with Gasteiger partial charge in [0.2, 0.25) is 25.0 Å². The van der Waals surface area contributed by atoms with Crippen LogP contribution in [0.15, 0.2) is 30.3 Å². The highest BCUT2D eigenvalue weighted by atomic mass is 28.4. The molecular formula is C39H68O6Si4. The lowest BCUT2D eigenvalue weighted by molar-refractivity contribution is 0.0752. The number of hydrogen-bond donors (Lipinski definition) is 1. The molecule has 6 nitrogen and oxygen atoms in total. The second-order valence-electron chi connectivity index (χ2n) is 20.3. The Labute approximate surface area is 303 Å². The zero-order valence-corrected chi connectivity index (χ0v) is 38.5. The first kappa shape index (κ1) is 41.6. The summed E-state index contributed by atoms with van der Waals surface area (Å²) in [6.45, 7) is 44.2. The van der Waals surface area contributed by atoms with E-state index < -0.39 is 45.3 Å². The number of carbonyl (C=O) groups is 1. The van der Waals surface area contributed by atoms with E-state index in [9.17, 15) is 9.90 Å². The molecule has 0 bridgehead atoms. The average Bonchev–Trinajstić information content (AvgIpc) is 3.14. The molecule has 1 N–H and O–H groups in total. The number of carbonyl (C=O) groups excluding carboxylic acids is 1. The van der Waals surface area contributed by atoms with Crippen molar-refractivity contribution in [2.75, 3.05) is 0 Å². The van der Waals surface area contributed by atoms with Gasteiger partial charge in [-0.1, -0.05) is 83.1 Å². The highest BCUT2D eigenvalue weighted by Crippen LogP contribution is 2.53. The third-order valence-corrected chi connectivity index (χ3v) is 29.7. The zero-order valence-electron chi connectivity index (χ0n) is 34.5. The van der Waals surface area contributed by atoms with Crippen LogP contribution < -0.4 is 17.7 Å². The number of rotatable bonds is 9. The Morgan fingerprint density at radius 2 is 0.878 bits per heavy atom. The van der Waals surface area contributed by atoms with Gasteiger partial charge in [-0.25, -0.2) is 0 Å². The van der Waals surface area contributed by atoms with Crippen molar-refractivity contribution in [2.45, 2.75) is 168 Å². The van der Waals surface area contributed by atoms with Crippen molar-refractivity contribution < 1.29 is 27.6 Å². The van der Waals surface area contributed by atoms with Crippen molar-refractivity contribution >= 4 is 39.1 Å². The van der Waals surface area contributed by atoms with Crippen LogP contribution in [0.25, 0.3) is 0 Å². The number of Topliss-reactive ketones (excluding diaryl/α,β-unsaturated/α-hetero) is 1. The fourth-order valence-corrected chi connectivity index (χ4v) is 8.88. The third kappa shape index (κ3) is 8.29. The number of aliphatic hydroxyl groups excluding tert-OH is 1. The van der Waals surface area contributed by atoms with Gasteiger partial charge < -0.3 is 22.8 Å². The van der Waals surface area contributed by atoms with E-state index in [0.29, 0.717) is 28.4 Å². The lowest BCUT2D eigenvalue weighted by Crippen LogP contribution is -2.45. The Morgan fingerprint density at radius 3 is 1.31 bits per heavy atom. The number of ketones is 1. The molecule has 0 amide bonds. The molecule has 1 aliphatic carbocycles. The summed E-state index contributed by atoms with van der Waals surface area (Å²) in [6, 6.07) is 9.83. The molecule has 49 heavy (non-hydrogen) atoms. The molecule has 2 unspecified atom stereocenters. The molecule has 2 aromatic carbocycles. The van der Waals surface area contributed by atoms with Crippen molar-refractivity contribution in [3.63, 3.8) is 0 Å². The minimum atomic E-state index is -2.37. The van der Waals surface area contributed by atoms with Gasteiger partial charge in [-0.15, -0.1) is 0 Å². The van der Waals surface area contributed by atoms with E-state index in [1.165, 1.54) is 0 Å². The maximum atomic E-state index is 14.4. The highest BCUT2D eigenvalue weighted by molar-refractivity contribution is 6.76. The fraction of sp³-hybridized carbons (Fsp3) is 0.667. The van der Waals surface area contributed by atoms with Crippen LogP contribution in [0.2, 0.25) is 72.5 Å². The molecule has 2 atom stereocenters. The van der Waals surface area contributed by atoms with E-state index >= 15 is 0 Å². The zero-order chi connectivity index (χ0) is 38.1. The van der Waals surface area contributed by atoms with Crippen LogP contribution in [0.1, 0.15) is 110 Å². The van der Waals surface area contributed by atoms with E-state index in [1.54, 1.807) is 0 Å². The maximum absolute atomic E-state index is 14.4. The van der Waals surface area contributed by atoms with Crippen molar-refractivity contribution in [3.8, 4) is 23.0 Å². The second-order valence-corrected chi connectivity index (χ2v) is 39.2. The third-order valence-electron chi connectivity index (χ3n) is 12.3. The summed E-state index contributed by atoms with van der Waals surface area (Å²) in [7, 11) is -9.27. The fourth-order valence-electron chi connectivity index (χ4n) is 4.76. The summed E-state index contributed by atoms with van der Waals surface area (Å²) in [5.74, 6) is 1.48. The molecule has 1 aliphatic rings. The van der Waals surface area contributed by atoms with Gasteiger partial charge in [-0.05, 0) is 103 Å². The smallest absolute Gasteiger partial charge is 0.250 e. The Kier molecular flexibility index (Phi) is 11.0. The molecule has 0 saturated heterocycles. The summed E-state index contributed by atoms with van der Waals surface area (Å²) in [5, 5.41) is 11.9. The normalized spacial score (nSPS) is 18.3. The summed E-state index contributed by atoms with van der Waals surface area (Å²) in [5.41, 5.74) is 1.85. The monoisotopic (exact) mass is 744 g/mol. The van der Waals surface area contributed by atoms with Crippen LogP contribution in [0.3, 0.4) is 0 Å². The van der Waals surface area contributed by atoms with Crippen LogP contribution in [0.4, 0.5) is 0 Å². The summed E-state index contributed by atoms with van der Waals surface area (Å²) < 4.78 is 27.8. The number of hydrogen-bond acceptors (Lipinski definition) is 6. The van der Waals surface area contributed by atoms with Crippen molar-refractivity contribution in [2.24, 2.45) is 0 Å². The van der Waals surface area contributed by atoms with Crippen LogP contribution in [-0.4, -0.2) is 50.3 Å². The van der Waals surface area contributed by atoms with E-state index in [0.717, 1.165) is 11.3 Å². The van der Waals surface area contributed by atoms with Crippen LogP contribution in [0.5, 0.6) is 23.0 Å². The molecule has 0 aromatic heterocycles.